The molecule has 2 aromatic carbocycles. The number of nitro benzene ring substituents is 1. The third kappa shape index (κ3) is 4.81. The second-order valence-corrected chi connectivity index (χ2v) is 8.73. The Kier molecular flexibility index (Phi) is 5.20. The summed E-state index contributed by atoms with van der Waals surface area (Å²) in [5, 5.41) is 10.7. The Morgan fingerprint density at radius 3 is 2.08 bits per heavy atom. The lowest BCUT2D eigenvalue weighted by atomic mass is 10.3. The minimum absolute atomic E-state index is 0.0111. The van der Waals surface area contributed by atoms with Crippen molar-refractivity contribution in [1.29, 1.82) is 0 Å². The van der Waals surface area contributed by atoms with Gasteiger partial charge in [0, 0.05) is 6.07 Å². The SMILES string of the molecule is CS(=O)(=O)Nc1ccccc1NS(=O)(=O)c1ccc(Cl)c([N+](=O)[O-])c1. The van der Waals surface area contributed by atoms with Crippen LogP contribution in [0.3, 0.4) is 0 Å². The van der Waals surface area contributed by atoms with E-state index < -0.39 is 35.6 Å². The lowest BCUT2D eigenvalue weighted by Crippen LogP contribution is -2.16. The monoisotopic (exact) mass is 405 g/mol. The highest BCUT2D eigenvalue weighted by Gasteiger charge is 2.22. The fourth-order valence-corrected chi connectivity index (χ4v) is 3.73. The third-order valence-corrected chi connectivity index (χ3v) is 5.16. The highest BCUT2D eigenvalue weighted by molar-refractivity contribution is 7.93. The molecule has 134 valence electrons. The Labute approximate surface area is 148 Å². The zero-order valence-corrected chi connectivity index (χ0v) is 15.0. The molecule has 0 saturated carbocycles. The number of nitrogens with zero attached hydrogens (tertiary/aromatic N) is 1. The lowest BCUT2D eigenvalue weighted by Gasteiger charge is -2.13. The van der Waals surface area contributed by atoms with Gasteiger partial charge in [-0.3, -0.25) is 19.6 Å². The summed E-state index contributed by atoms with van der Waals surface area (Å²) in [5.74, 6) is 0. The largest absolute Gasteiger partial charge is 0.289 e. The van der Waals surface area contributed by atoms with Crippen molar-refractivity contribution in [3.8, 4) is 0 Å². The number of hydrogen-bond donors (Lipinski definition) is 2. The van der Waals surface area contributed by atoms with Crippen molar-refractivity contribution in [3.63, 3.8) is 0 Å². The van der Waals surface area contributed by atoms with Crippen LogP contribution in [-0.2, 0) is 20.0 Å². The van der Waals surface area contributed by atoms with Crippen molar-refractivity contribution >= 4 is 48.7 Å². The van der Waals surface area contributed by atoms with Crippen molar-refractivity contribution in [3.05, 3.63) is 57.6 Å². The van der Waals surface area contributed by atoms with Gasteiger partial charge in [0.05, 0.1) is 27.4 Å². The Morgan fingerprint density at radius 1 is 1.00 bits per heavy atom. The van der Waals surface area contributed by atoms with E-state index in [-0.39, 0.29) is 16.4 Å². The zero-order valence-electron chi connectivity index (χ0n) is 12.6. The molecule has 25 heavy (non-hydrogen) atoms. The molecule has 0 radical (unpaired) electrons. The first kappa shape index (κ1) is 19.0. The van der Waals surface area contributed by atoms with E-state index in [1.165, 1.54) is 24.3 Å². The zero-order chi connectivity index (χ0) is 18.8. The number of anilines is 2. The normalized spacial score (nSPS) is 11.8. The summed E-state index contributed by atoms with van der Waals surface area (Å²) in [5.41, 5.74) is -0.588. The van der Waals surface area contributed by atoms with Gasteiger partial charge in [-0.2, -0.15) is 0 Å². The van der Waals surface area contributed by atoms with E-state index in [1.54, 1.807) is 0 Å². The Balaban J connectivity index is 2.44. The van der Waals surface area contributed by atoms with Gasteiger partial charge >= 0.3 is 0 Å². The van der Waals surface area contributed by atoms with Crippen molar-refractivity contribution in [2.24, 2.45) is 0 Å². The number of nitro groups is 1. The summed E-state index contributed by atoms with van der Waals surface area (Å²) in [6, 6.07) is 8.73. The standard InChI is InChI=1S/C13H12ClN3O6S2/c1-24(20,21)15-11-4-2-3-5-12(11)16-25(22,23)9-6-7-10(14)13(8-9)17(18)19/h2-8,15-16H,1H3. The van der Waals surface area contributed by atoms with Crippen molar-refractivity contribution in [2.45, 2.75) is 4.90 Å². The molecule has 2 aromatic rings. The van der Waals surface area contributed by atoms with E-state index in [2.05, 4.69) is 9.44 Å². The average Bonchev–Trinajstić information content (AvgIpc) is 2.47. The fourth-order valence-electron chi connectivity index (χ4n) is 1.86. The van der Waals surface area contributed by atoms with Crippen LogP contribution in [0.2, 0.25) is 5.02 Å². The van der Waals surface area contributed by atoms with Crippen LogP contribution in [0.25, 0.3) is 0 Å². The van der Waals surface area contributed by atoms with Crippen molar-refractivity contribution in [2.75, 3.05) is 15.7 Å². The van der Waals surface area contributed by atoms with Crippen LogP contribution in [0.1, 0.15) is 0 Å². The molecule has 12 heteroatoms. The second kappa shape index (κ2) is 6.86. The molecule has 0 heterocycles. The molecule has 0 aliphatic heterocycles. The number of hydrogen-bond acceptors (Lipinski definition) is 6. The predicted octanol–water partition coefficient (Wildman–Crippen LogP) is 2.42. The van der Waals surface area contributed by atoms with Gasteiger partial charge in [-0.25, -0.2) is 16.8 Å². The van der Waals surface area contributed by atoms with Crippen molar-refractivity contribution < 1.29 is 21.8 Å². The molecule has 0 saturated heterocycles. The number of para-hydroxylation sites is 2. The first-order valence-electron chi connectivity index (χ1n) is 6.53. The van der Waals surface area contributed by atoms with Gasteiger partial charge in [-0.15, -0.1) is 0 Å². The van der Waals surface area contributed by atoms with Gasteiger partial charge in [0.1, 0.15) is 5.02 Å². The van der Waals surface area contributed by atoms with Crippen molar-refractivity contribution in [1.82, 2.24) is 0 Å². The number of sulfonamides is 2. The fraction of sp³-hybridized carbons (Fsp3) is 0.0769. The summed E-state index contributed by atoms with van der Waals surface area (Å²) < 4.78 is 52.0. The molecular weight excluding hydrogens is 394 g/mol. The van der Waals surface area contributed by atoms with Crippen LogP contribution >= 0.6 is 11.6 Å². The number of benzene rings is 2. The summed E-state index contributed by atoms with van der Waals surface area (Å²) in [6.45, 7) is 0. The molecule has 0 aromatic heterocycles. The van der Waals surface area contributed by atoms with Gasteiger partial charge in [-0.1, -0.05) is 23.7 Å². The molecule has 0 spiro atoms. The van der Waals surface area contributed by atoms with E-state index in [0.29, 0.717) is 0 Å². The van der Waals surface area contributed by atoms with Gasteiger partial charge in [-0.05, 0) is 24.3 Å². The molecule has 0 amide bonds. The summed E-state index contributed by atoms with van der Waals surface area (Å²) >= 11 is 5.67. The van der Waals surface area contributed by atoms with Gasteiger partial charge < -0.3 is 0 Å². The minimum atomic E-state index is -4.21. The van der Waals surface area contributed by atoms with E-state index in [9.17, 15) is 26.9 Å². The molecule has 0 fully saturated rings. The number of nitrogens with one attached hydrogen (secondary N) is 2. The Morgan fingerprint density at radius 2 is 1.56 bits per heavy atom. The molecular formula is C13H12ClN3O6S2. The predicted molar refractivity (Wildman–Crippen MR) is 93.8 cm³/mol. The smallest absolute Gasteiger partial charge is 0.282 e. The maximum atomic E-state index is 12.5. The topological polar surface area (TPSA) is 135 Å². The number of halogens is 1. The highest BCUT2D eigenvalue weighted by atomic mass is 35.5. The molecule has 0 bridgehead atoms. The second-order valence-electron chi connectivity index (χ2n) is 4.90. The molecule has 0 aliphatic carbocycles. The van der Waals surface area contributed by atoms with Crippen LogP contribution in [0.4, 0.5) is 17.1 Å². The van der Waals surface area contributed by atoms with E-state index in [1.807, 2.05) is 0 Å². The molecule has 2 rings (SSSR count). The van der Waals surface area contributed by atoms with E-state index in [0.717, 1.165) is 24.5 Å². The Hall–Kier alpha value is -2.37. The summed E-state index contributed by atoms with van der Waals surface area (Å²) in [4.78, 5) is 9.70. The maximum absolute atomic E-state index is 12.5. The van der Waals surface area contributed by atoms with Gasteiger partial charge in [0.2, 0.25) is 10.0 Å². The molecule has 0 aliphatic rings. The Bertz CT molecular complexity index is 1040. The quantitative estimate of drug-likeness (QED) is 0.559. The molecule has 9 nitrogen and oxygen atoms in total. The molecule has 0 unspecified atom stereocenters. The minimum Gasteiger partial charge on any atom is -0.282 e. The van der Waals surface area contributed by atoms with Crippen LogP contribution in [0.5, 0.6) is 0 Å². The summed E-state index contributed by atoms with van der Waals surface area (Å²) in [7, 11) is -7.85. The maximum Gasteiger partial charge on any atom is 0.289 e. The summed E-state index contributed by atoms with van der Waals surface area (Å²) in [6.07, 6.45) is 0.917. The van der Waals surface area contributed by atoms with Crippen LogP contribution in [-0.4, -0.2) is 28.0 Å². The van der Waals surface area contributed by atoms with Gasteiger partial charge in [0.25, 0.3) is 15.7 Å². The van der Waals surface area contributed by atoms with Crippen LogP contribution in [0, 0.1) is 10.1 Å². The molecule has 2 N–H and O–H groups in total. The third-order valence-electron chi connectivity index (χ3n) is 2.89. The van der Waals surface area contributed by atoms with Crippen LogP contribution < -0.4 is 9.44 Å². The van der Waals surface area contributed by atoms with E-state index in [4.69, 9.17) is 11.6 Å². The molecule has 0 atom stereocenters. The van der Waals surface area contributed by atoms with Gasteiger partial charge in [0.15, 0.2) is 0 Å². The first-order valence-corrected chi connectivity index (χ1v) is 10.3. The van der Waals surface area contributed by atoms with E-state index >= 15 is 0 Å². The average molecular weight is 406 g/mol. The van der Waals surface area contributed by atoms with Crippen LogP contribution in [0.15, 0.2) is 47.4 Å². The first-order chi connectivity index (χ1) is 11.5. The highest BCUT2D eigenvalue weighted by Crippen LogP contribution is 2.29. The number of rotatable bonds is 6. The lowest BCUT2D eigenvalue weighted by molar-refractivity contribution is -0.384.